The molecular weight excluding hydrogens is 368 g/mol. The highest BCUT2D eigenvalue weighted by atomic mass is 32.2. The average Bonchev–Trinajstić information content (AvgIpc) is 3.21. The van der Waals surface area contributed by atoms with Gasteiger partial charge in [0.15, 0.2) is 0 Å². The molecule has 0 saturated heterocycles. The first-order valence-electron chi connectivity index (χ1n) is 10.4. The summed E-state index contributed by atoms with van der Waals surface area (Å²) in [5, 5.41) is 1.38. The van der Waals surface area contributed by atoms with Crippen LogP contribution in [-0.2, 0) is 9.84 Å². The molecule has 6 atom stereocenters. The Hall–Kier alpha value is -1.13. The number of allylic oxidation sites excluding steroid dienone is 4. The minimum Gasteiger partial charge on any atom is -0.219 e. The van der Waals surface area contributed by atoms with E-state index in [0.29, 0.717) is 34.5 Å². The van der Waals surface area contributed by atoms with Crippen molar-refractivity contribution in [1.29, 1.82) is 0 Å². The predicted molar refractivity (Wildman–Crippen MR) is 113 cm³/mol. The van der Waals surface area contributed by atoms with Gasteiger partial charge >= 0.3 is 0 Å². The van der Waals surface area contributed by atoms with E-state index in [-0.39, 0.29) is 5.92 Å². The van der Waals surface area contributed by atoms with Crippen LogP contribution in [0.4, 0.5) is 0 Å². The van der Waals surface area contributed by atoms with Gasteiger partial charge in [-0.15, -0.1) is 0 Å². The van der Waals surface area contributed by atoms with Gasteiger partial charge in [-0.2, -0.15) is 0 Å². The average molecular weight is 399 g/mol. The summed E-state index contributed by atoms with van der Waals surface area (Å²) in [5.41, 5.74) is 1.11. The standard InChI is InChI=1S/C23H30O2SSi/c1-14-5-11-17(12-6-14)26(24,25)22-18-13-19(23(22)27(2,3)4)21-16-9-7-15(8-10-16)20(18)21/h5-7,9,11-12,15-16,18-21H,8,10,13H2,1-4H3/t15?,16?,18?,19?,20-,21+/m0/s1. The van der Waals surface area contributed by atoms with Crippen molar-refractivity contribution < 1.29 is 8.42 Å². The number of rotatable bonds is 3. The van der Waals surface area contributed by atoms with E-state index in [2.05, 4.69) is 31.8 Å². The number of sulfone groups is 1. The van der Waals surface area contributed by atoms with Gasteiger partial charge in [0.1, 0.15) is 0 Å². The Labute approximate surface area is 164 Å². The minimum atomic E-state index is -3.40. The van der Waals surface area contributed by atoms with E-state index >= 15 is 0 Å². The fourth-order valence-corrected chi connectivity index (χ4v) is 12.4. The molecular formula is C23H30O2SSi. The fraction of sp³-hybridized carbons (Fsp3) is 0.565. The Morgan fingerprint density at radius 1 is 0.889 bits per heavy atom. The first kappa shape index (κ1) is 17.9. The third-order valence-corrected chi connectivity index (χ3v) is 12.1. The minimum absolute atomic E-state index is 0.255. The van der Waals surface area contributed by atoms with Crippen LogP contribution < -0.4 is 0 Å². The lowest BCUT2D eigenvalue weighted by molar-refractivity contribution is 0.108. The van der Waals surface area contributed by atoms with Crippen LogP contribution in [0.15, 0.2) is 51.4 Å². The summed E-state index contributed by atoms with van der Waals surface area (Å²) < 4.78 is 27.6. The molecule has 1 aromatic carbocycles. The van der Waals surface area contributed by atoms with E-state index in [1.807, 2.05) is 31.2 Å². The summed E-state index contributed by atoms with van der Waals surface area (Å²) in [6.07, 6.45) is 8.53. The van der Waals surface area contributed by atoms with Gasteiger partial charge in [0.2, 0.25) is 9.84 Å². The van der Waals surface area contributed by atoms with Crippen molar-refractivity contribution in [3.05, 3.63) is 52.1 Å². The second kappa shape index (κ2) is 5.70. The zero-order valence-corrected chi connectivity index (χ0v) is 18.6. The van der Waals surface area contributed by atoms with Crippen LogP contribution in [0, 0.1) is 42.4 Å². The Morgan fingerprint density at radius 2 is 1.44 bits per heavy atom. The monoisotopic (exact) mass is 398 g/mol. The van der Waals surface area contributed by atoms with Crippen molar-refractivity contribution in [2.45, 2.75) is 50.7 Å². The summed E-state index contributed by atoms with van der Waals surface area (Å²) in [6, 6.07) is 7.50. The summed E-state index contributed by atoms with van der Waals surface area (Å²) in [4.78, 5) is 1.36. The smallest absolute Gasteiger partial charge is 0.202 e. The molecule has 4 bridgehead atoms. The lowest BCUT2D eigenvalue weighted by Gasteiger charge is -2.49. The molecule has 0 spiro atoms. The quantitative estimate of drug-likeness (QED) is 0.506. The fourth-order valence-electron chi connectivity index (χ4n) is 6.89. The maximum Gasteiger partial charge on any atom is 0.202 e. The van der Waals surface area contributed by atoms with Crippen molar-refractivity contribution in [3.8, 4) is 0 Å². The highest BCUT2D eigenvalue weighted by Gasteiger charge is 2.62. The summed E-state index contributed by atoms with van der Waals surface area (Å²) in [7, 11) is -5.12. The zero-order chi connectivity index (χ0) is 19.1. The molecule has 0 heterocycles. The number of hydrogen-bond donors (Lipinski definition) is 0. The third kappa shape index (κ3) is 2.45. The molecule has 27 heavy (non-hydrogen) atoms. The highest BCUT2D eigenvalue weighted by molar-refractivity contribution is 7.95. The van der Waals surface area contributed by atoms with Gasteiger partial charge in [-0.25, -0.2) is 8.42 Å². The Morgan fingerprint density at radius 3 is 1.96 bits per heavy atom. The largest absolute Gasteiger partial charge is 0.219 e. The summed E-state index contributed by atoms with van der Waals surface area (Å²) >= 11 is 0. The zero-order valence-electron chi connectivity index (χ0n) is 16.8. The molecule has 0 N–H and O–H groups in total. The van der Waals surface area contributed by atoms with E-state index in [1.54, 1.807) is 0 Å². The maximum absolute atomic E-state index is 13.8. The van der Waals surface area contributed by atoms with Crippen LogP contribution >= 0.6 is 0 Å². The van der Waals surface area contributed by atoms with Gasteiger partial charge in [-0.1, -0.05) is 54.7 Å². The van der Waals surface area contributed by atoms with Gasteiger partial charge in [0, 0.05) is 4.91 Å². The van der Waals surface area contributed by atoms with Gasteiger partial charge in [0.05, 0.1) is 13.0 Å². The van der Waals surface area contributed by atoms with Crippen molar-refractivity contribution in [1.82, 2.24) is 0 Å². The second-order valence-corrected chi connectivity index (χ2v) is 17.2. The molecule has 6 rings (SSSR count). The summed E-state index contributed by atoms with van der Waals surface area (Å²) in [5.74, 6) is 3.32. The van der Waals surface area contributed by atoms with Gasteiger partial charge in [-0.3, -0.25) is 0 Å². The van der Waals surface area contributed by atoms with E-state index < -0.39 is 17.9 Å². The van der Waals surface area contributed by atoms with Crippen molar-refractivity contribution in [3.63, 3.8) is 0 Å². The van der Waals surface area contributed by atoms with Gasteiger partial charge < -0.3 is 0 Å². The molecule has 0 radical (unpaired) electrons. The predicted octanol–water partition coefficient (Wildman–Crippen LogP) is 5.38. The van der Waals surface area contributed by atoms with Gasteiger partial charge in [0.25, 0.3) is 0 Å². The molecule has 2 fully saturated rings. The van der Waals surface area contributed by atoms with Crippen LogP contribution in [0.3, 0.4) is 0 Å². The molecule has 4 heteroatoms. The Kier molecular flexibility index (Phi) is 3.78. The molecule has 4 unspecified atom stereocenters. The van der Waals surface area contributed by atoms with Crippen LogP contribution in [0.2, 0.25) is 19.6 Å². The van der Waals surface area contributed by atoms with E-state index in [4.69, 9.17) is 0 Å². The van der Waals surface area contributed by atoms with Crippen molar-refractivity contribution in [2.24, 2.45) is 35.5 Å². The van der Waals surface area contributed by atoms with E-state index in [0.717, 1.165) is 16.9 Å². The SMILES string of the molecule is Cc1ccc(S(=O)(=O)C2=C([Si](C)(C)C)C3CC2[C@@H]2C4C=CC(CC4)[C@H]32)cc1. The van der Waals surface area contributed by atoms with Crippen LogP contribution in [0.25, 0.3) is 0 Å². The number of fused-ring (bicyclic) bond motifs is 3. The van der Waals surface area contributed by atoms with Crippen molar-refractivity contribution in [2.75, 3.05) is 0 Å². The molecule has 144 valence electrons. The first-order valence-corrected chi connectivity index (χ1v) is 15.4. The van der Waals surface area contributed by atoms with Crippen LogP contribution in [0.1, 0.15) is 24.8 Å². The molecule has 0 amide bonds. The third-order valence-electron chi connectivity index (χ3n) is 7.71. The van der Waals surface area contributed by atoms with Crippen LogP contribution in [-0.4, -0.2) is 16.5 Å². The van der Waals surface area contributed by atoms with Gasteiger partial charge in [-0.05, 0) is 73.8 Å². The first-order chi connectivity index (χ1) is 12.7. The second-order valence-electron chi connectivity index (χ2n) is 10.2. The number of benzene rings is 1. The molecule has 5 aliphatic carbocycles. The maximum atomic E-state index is 13.8. The molecule has 1 aromatic rings. The number of aryl methyl sites for hydroxylation is 1. The molecule has 2 nitrogen and oxygen atoms in total. The highest BCUT2D eigenvalue weighted by Crippen LogP contribution is 2.67. The van der Waals surface area contributed by atoms with E-state index in [1.165, 1.54) is 18.0 Å². The normalized spacial score (nSPS) is 37.2. The lowest BCUT2D eigenvalue weighted by Crippen LogP contribution is -2.45. The van der Waals surface area contributed by atoms with Crippen molar-refractivity contribution >= 4 is 17.9 Å². The molecule has 0 aromatic heterocycles. The molecule has 0 aliphatic heterocycles. The summed E-state index contributed by atoms with van der Waals surface area (Å²) in [6.45, 7) is 9.05. The Balaban J connectivity index is 1.69. The molecule has 2 saturated carbocycles. The Bertz CT molecular complexity index is 949. The lowest BCUT2D eigenvalue weighted by atomic mass is 9.59. The topological polar surface area (TPSA) is 34.1 Å². The van der Waals surface area contributed by atoms with E-state index in [9.17, 15) is 8.42 Å². The van der Waals surface area contributed by atoms with Crippen LogP contribution in [0.5, 0.6) is 0 Å². The molecule has 5 aliphatic rings. The number of hydrogen-bond acceptors (Lipinski definition) is 2.